The van der Waals surface area contributed by atoms with E-state index < -0.39 is 22.8 Å². The molecule has 0 aromatic rings. The van der Waals surface area contributed by atoms with Crippen molar-refractivity contribution in [3.8, 4) is 0 Å². The molecular weight excluding hydrogens is 354 g/mol. The van der Waals surface area contributed by atoms with Crippen molar-refractivity contribution in [3.05, 3.63) is 0 Å². The largest absolute Gasteiger partial charge is 0.456 e. The molecule has 0 spiro atoms. The summed E-state index contributed by atoms with van der Waals surface area (Å²) >= 11 is 1.58. The zero-order valence-corrected chi connectivity index (χ0v) is 16.5. The molecule has 0 saturated carbocycles. The predicted molar refractivity (Wildman–Crippen MR) is 100 cm³/mol. The summed E-state index contributed by atoms with van der Waals surface area (Å²) in [6.07, 6.45) is 6.63. The Morgan fingerprint density at radius 1 is 1.27 bits per heavy atom. The molecule has 0 bridgehead atoms. The fraction of sp³-hybridized carbons (Fsp3) is 0.778. The lowest BCUT2D eigenvalue weighted by Gasteiger charge is -2.41. The molecule has 144 valence electrons. The number of esters is 1. The maximum Gasteiger partial charge on any atom is 0.330 e. The topological polar surface area (TPSA) is 79.3 Å². The minimum Gasteiger partial charge on any atom is -0.456 e. The number of aliphatic imine (C=N–C) groups is 1. The summed E-state index contributed by atoms with van der Waals surface area (Å²) < 4.78 is 4.61. The fourth-order valence-electron chi connectivity index (χ4n) is 3.74. The van der Waals surface area contributed by atoms with Crippen LogP contribution in [0.1, 0.15) is 46.5 Å². The smallest absolute Gasteiger partial charge is 0.330 e. The molecule has 0 radical (unpaired) electrons. The third-order valence-corrected chi connectivity index (χ3v) is 6.64. The van der Waals surface area contributed by atoms with Crippen molar-refractivity contribution in [2.24, 2.45) is 4.99 Å². The van der Waals surface area contributed by atoms with Crippen LogP contribution >= 0.6 is 11.8 Å². The molecule has 3 atom stereocenters. The van der Waals surface area contributed by atoms with E-state index in [1.807, 2.05) is 20.2 Å². The number of ether oxygens (including phenoxy) is 1. The van der Waals surface area contributed by atoms with Crippen molar-refractivity contribution in [1.82, 2.24) is 9.80 Å². The molecule has 3 aliphatic rings. The Kier molecular flexibility index (Phi) is 5.60. The van der Waals surface area contributed by atoms with Crippen LogP contribution in [0, 0.1) is 0 Å². The number of carbonyl (C=O) groups excluding carboxylic acids is 3. The number of Topliss-reactive ketones (excluding diaryl/α,β-unsaturated/α-hetero) is 1. The SMILES string of the molecule is CC(=O)COC(=O)[C@@H]1N2C(=O)[C@@H](N=CN3CCCCCC3)[C@H]2SC1(C)C. The summed E-state index contributed by atoms with van der Waals surface area (Å²) in [6, 6.07) is -1.11. The second-order valence-corrected chi connectivity index (χ2v) is 9.50. The van der Waals surface area contributed by atoms with Gasteiger partial charge in [0.1, 0.15) is 18.0 Å². The van der Waals surface area contributed by atoms with E-state index in [2.05, 4.69) is 9.89 Å². The maximum atomic E-state index is 12.6. The van der Waals surface area contributed by atoms with E-state index in [4.69, 9.17) is 4.74 Å². The zero-order valence-electron chi connectivity index (χ0n) is 15.6. The van der Waals surface area contributed by atoms with Gasteiger partial charge in [-0.15, -0.1) is 11.8 Å². The van der Waals surface area contributed by atoms with E-state index in [0.717, 1.165) is 25.9 Å². The van der Waals surface area contributed by atoms with Gasteiger partial charge < -0.3 is 14.5 Å². The fourth-order valence-corrected chi connectivity index (χ4v) is 5.36. The van der Waals surface area contributed by atoms with Crippen LogP contribution in [0.25, 0.3) is 0 Å². The number of likely N-dealkylation sites (tertiary alicyclic amines) is 1. The highest BCUT2D eigenvalue weighted by Gasteiger charge is 2.64. The number of rotatable bonds is 5. The van der Waals surface area contributed by atoms with Crippen molar-refractivity contribution < 1.29 is 19.1 Å². The Balaban J connectivity index is 1.65. The van der Waals surface area contributed by atoms with Gasteiger partial charge in [-0.2, -0.15) is 0 Å². The molecule has 3 heterocycles. The molecule has 3 saturated heterocycles. The van der Waals surface area contributed by atoms with Gasteiger partial charge in [0, 0.05) is 17.8 Å². The van der Waals surface area contributed by atoms with Gasteiger partial charge in [0.25, 0.3) is 5.91 Å². The first-order chi connectivity index (χ1) is 12.3. The molecule has 7 nitrogen and oxygen atoms in total. The Hall–Kier alpha value is -1.57. The number of ketones is 1. The number of nitrogens with zero attached hydrogens (tertiary/aromatic N) is 3. The van der Waals surface area contributed by atoms with Crippen LogP contribution in [0.15, 0.2) is 4.99 Å². The Morgan fingerprint density at radius 2 is 1.92 bits per heavy atom. The molecule has 0 N–H and O–H groups in total. The minimum atomic E-state index is -0.672. The van der Waals surface area contributed by atoms with Crippen LogP contribution in [-0.4, -0.2) is 75.7 Å². The highest BCUT2D eigenvalue weighted by molar-refractivity contribution is 8.01. The van der Waals surface area contributed by atoms with Crippen LogP contribution < -0.4 is 0 Å². The van der Waals surface area contributed by atoms with Gasteiger partial charge in [0.2, 0.25) is 0 Å². The van der Waals surface area contributed by atoms with E-state index in [1.54, 1.807) is 16.7 Å². The number of amides is 1. The molecule has 0 aromatic heterocycles. The number of fused-ring (bicyclic) bond motifs is 1. The van der Waals surface area contributed by atoms with Gasteiger partial charge in [-0.05, 0) is 33.6 Å². The molecule has 0 aliphatic carbocycles. The average Bonchev–Trinajstić information content (AvgIpc) is 2.73. The third-order valence-electron chi connectivity index (χ3n) is 5.09. The first-order valence-electron chi connectivity index (χ1n) is 9.24. The summed E-state index contributed by atoms with van der Waals surface area (Å²) in [6.45, 7) is 6.94. The first-order valence-corrected chi connectivity index (χ1v) is 10.1. The quantitative estimate of drug-likeness (QED) is 0.310. The Morgan fingerprint density at radius 3 is 2.54 bits per heavy atom. The van der Waals surface area contributed by atoms with E-state index in [1.165, 1.54) is 19.8 Å². The first kappa shape index (κ1) is 19.2. The van der Waals surface area contributed by atoms with E-state index in [0.29, 0.717) is 0 Å². The van der Waals surface area contributed by atoms with Crippen molar-refractivity contribution in [3.63, 3.8) is 0 Å². The molecule has 3 rings (SSSR count). The lowest BCUT2D eigenvalue weighted by molar-refractivity contribution is -0.163. The number of hydrogen-bond donors (Lipinski definition) is 0. The molecule has 0 aromatic carbocycles. The standard InChI is InChI=1S/C18H27N3O4S/c1-12(22)10-25-17(24)14-18(2,3)26-16-13(15(23)21(14)16)19-11-20-8-6-4-5-7-9-20/h11,13-14,16H,4-10H2,1-3H3/t13-,14+,16-/m1/s1. The number of thioether (sulfide) groups is 1. The summed E-state index contributed by atoms with van der Waals surface area (Å²) in [7, 11) is 0. The van der Waals surface area contributed by atoms with Crippen molar-refractivity contribution in [1.29, 1.82) is 0 Å². The highest BCUT2D eigenvalue weighted by atomic mass is 32.2. The van der Waals surface area contributed by atoms with Gasteiger partial charge in [-0.1, -0.05) is 12.8 Å². The van der Waals surface area contributed by atoms with Gasteiger partial charge >= 0.3 is 5.97 Å². The monoisotopic (exact) mass is 381 g/mol. The van der Waals surface area contributed by atoms with Crippen molar-refractivity contribution in [2.75, 3.05) is 19.7 Å². The van der Waals surface area contributed by atoms with Crippen LogP contribution in [0.4, 0.5) is 0 Å². The summed E-state index contributed by atoms with van der Waals surface area (Å²) in [5.74, 6) is -0.861. The maximum absolute atomic E-state index is 12.6. The molecule has 1 amide bonds. The second kappa shape index (κ2) is 7.58. The lowest BCUT2D eigenvalue weighted by Crippen LogP contribution is -2.65. The van der Waals surface area contributed by atoms with Crippen LogP contribution in [0.5, 0.6) is 0 Å². The van der Waals surface area contributed by atoms with E-state index in [9.17, 15) is 14.4 Å². The van der Waals surface area contributed by atoms with Crippen molar-refractivity contribution >= 4 is 35.8 Å². The number of carbonyl (C=O) groups is 3. The zero-order chi connectivity index (χ0) is 18.9. The van der Waals surface area contributed by atoms with E-state index in [-0.39, 0.29) is 23.7 Å². The number of hydrogen-bond acceptors (Lipinski definition) is 6. The van der Waals surface area contributed by atoms with Gasteiger partial charge in [-0.25, -0.2) is 4.79 Å². The normalized spacial score (nSPS) is 30.7. The van der Waals surface area contributed by atoms with Gasteiger partial charge in [0.15, 0.2) is 11.8 Å². The third kappa shape index (κ3) is 3.75. The summed E-state index contributed by atoms with van der Waals surface area (Å²) in [5.41, 5.74) is 0. The molecule has 3 fully saturated rings. The predicted octanol–water partition coefficient (Wildman–Crippen LogP) is 1.45. The second-order valence-electron chi connectivity index (χ2n) is 7.73. The Labute approximate surface area is 158 Å². The average molecular weight is 381 g/mol. The van der Waals surface area contributed by atoms with Crippen LogP contribution in [0.2, 0.25) is 0 Å². The molecule has 3 aliphatic heterocycles. The highest BCUT2D eigenvalue weighted by Crippen LogP contribution is 2.51. The van der Waals surface area contributed by atoms with Gasteiger partial charge in [0.05, 0.1) is 6.34 Å². The summed E-state index contributed by atoms with van der Waals surface area (Å²) in [4.78, 5) is 44.4. The van der Waals surface area contributed by atoms with Crippen molar-refractivity contribution in [2.45, 2.75) is 68.7 Å². The van der Waals surface area contributed by atoms with Gasteiger partial charge in [-0.3, -0.25) is 14.6 Å². The minimum absolute atomic E-state index is 0.135. The number of β-lactam (4-membered cyclic amide) rings is 1. The van der Waals surface area contributed by atoms with Crippen LogP contribution in [-0.2, 0) is 19.1 Å². The van der Waals surface area contributed by atoms with E-state index >= 15 is 0 Å². The van der Waals surface area contributed by atoms with Crippen LogP contribution in [0.3, 0.4) is 0 Å². The molecule has 0 unspecified atom stereocenters. The molecular formula is C18H27N3O4S. The molecule has 8 heteroatoms. The lowest BCUT2D eigenvalue weighted by atomic mass is 9.96. The Bertz CT molecular complexity index is 614. The summed E-state index contributed by atoms with van der Waals surface area (Å²) in [5, 5.41) is -0.143. The molecule has 26 heavy (non-hydrogen) atoms.